The lowest BCUT2D eigenvalue weighted by Crippen LogP contribution is -2.10. The fourth-order valence-corrected chi connectivity index (χ4v) is 1.31. The highest BCUT2D eigenvalue weighted by molar-refractivity contribution is 5.69. The quantitative estimate of drug-likeness (QED) is 0.546. The summed E-state index contributed by atoms with van der Waals surface area (Å²) in [5, 5.41) is 0. The van der Waals surface area contributed by atoms with Gasteiger partial charge in [0, 0.05) is 13.5 Å². The number of ether oxygens (including phenoxy) is 2. The van der Waals surface area contributed by atoms with E-state index in [4.69, 9.17) is 9.47 Å². The number of hydrogen-bond acceptors (Lipinski definition) is 3. The molecule has 0 aliphatic carbocycles. The van der Waals surface area contributed by atoms with Crippen molar-refractivity contribution >= 4 is 5.97 Å². The second-order valence-electron chi connectivity index (χ2n) is 3.70. The van der Waals surface area contributed by atoms with Crippen LogP contribution in [0, 0.1) is 6.92 Å². The maximum Gasteiger partial charge on any atom is 0.306 e. The molecule has 0 N–H and O–H groups in total. The van der Waals surface area contributed by atoms with E-state index in [1.807, 2.05) is 31.2 Å². The number of benzene rings is 1. The molecule has 0 aromatic heterocycles. The SMILES string of the molecule is COCCOC(=O)CCc1ccc(C)cc1. The summed E-state index contributed by atoms with van der Waals surface area (Å²) in [4.78, 5) is 11.3. The number of rotatable bonds is 6. The van der Waals surface area contributed by atoms with Crippen LogP contribution in [-0.4, -0.2) is 26.3 Å². The van der Waals surface area contributed by atoms with Gasteiger partial charge in [0.1, 0.15) is 6.61 Å². The van der Waals surface area contributed by atoms with Gasteiger partial charge in [-0.1, -0.05) is 29.8 Å². The smallest absolute Gasteiger partial charge is 0.306 e. The van der Waals surface area contributed by atoms with Crippen molar-refractivity contribution < 1.29 is 14.3 Å². The molecule has 1 rings (SSSR count). The first-order valence-corrected chi connectivity index (χ1v) is 5.42. The predicted molar refractivity (Wildman–Crippen MR) is 62.3 cm³/mol. The molecule has 1 aromatic carbocycles. The first-order chi connectivity index (χ1) is 7.72. The van der Waals surface area contributed by atoms with Crippen LogP contribution < -0.4 is 0 Å². The molecule has 3 heteroatoms. The van der Waals surface area contributed by atoms with E-state index in [1.165, 1.54) is 5.56 Å². The first kappa shape index (κ1) is 12.7. The van der Waals surface area contributed by atoms with Gasteiger partial charge in [-0.2, -0.15) is 0 Å². The van der Waals surface area contributed by atoms with E-state index in [2.05, 4.69) is 0 Å². The molecular formula is C13H18O3. The summed E-state index contributed by atoms with van der Waals surface area (Å²) in [6.07, 6.45) is 1.15. The molecule has 0 radical (unpaired) electrons. The molecule has 0 fully saturated rings. The van der Waals surface area contributed by atoms with E-state index in [1.54, 1.807) is 7.11 Å². The zero-order chi connectivity index (χ0) is 11.8. The molecule has 88 valence electrons. The van der Waals surface area contributed by atoms with Crippen molar-refractivity contribution in [2.24, 2.45) is 0 Å². The van der Waals surface area contributed by atoms with Crippen LogP contribution in [0.15, 0.2) is 24.3 Å². The van der Waals surface area contributed by atoms with E-state index < -0.39 is 0 Å². The van der Waals surface area contributed by atoms with Gasteiger partial charge in [-0.15, -0.1) is 0 Å². The summed E-state index contributed by atoms with van der Waals surface area (Å²) in [5.74, 6) is -0.169. The Bertz CT molecular complexity index is 316. The molecule has 3 nitrogen and oxygen atoms in total. The van der Waals surface area contributed by atoms with Crippen LogP contribution in [0.3, 0.4) is 0 Å². The number of aryl methyl sites for hydroxylation is 2. The largest absolute Gasteiger partial charge is 0.463 e. The maximum absolute atomic E-state index is 11.3. The van der Waals surface area contributed by atoms with Gasteiger partial charge in [0.2, 0.25) is 0 Å². The highest BCUT2D eigenvalue weighted by atomic mass is 16.6. The summed E-state index contributed by atoms with van der Waals surface area (Å²) in [6.45, 7) is 2.84. The Labute approximate surface area is 96.4 Å². The normalized spacial score (nSPS) is 10.1. The number of hydrogen-bond donors (Lipinski definition) is 0. The predicted octanol–water partition coefficient (Wildman–Crippen LogP) is 2.12. The molecule has 1 aromatic rings. The van der Waals surface area contributed by atoms with Crippen molar-refractivity contribution in [2.75, 3.05) is 20.3 Å². The average Bonchev–Trinajstić information content (AvgIpc) is 2.29. The Kier molecular flexibility index (Phi) is 5.57. The standard InChI is InChI=1S/C13H18O3/c1-11-3-5-12(6-4-11)7-8-13(14)16-10-9-15-2/h3-6H,7-10H2,1-2H3. The van der Waals surface area contributed by atoms with Gasteiger partial charge in [0.15, 0.2) is 0 Å². The van der Waals surface area contributed by atoms with Gasteiger partial charge < -0.3 is 9.47 Å². The molecule has 0 saturated heterocycles. The first-order valence-electron chi connectivity index (χ1n) is 5.42. The summed E-state index contributed by atoms with van der Waals surface area (Å²) in [7, 11) is 1.58. The van der Waals surface area contributed by atoms with Gasteiger partial charge in [0.25, 0.3) is 0 Å². The summed E-state index contributed by atoms with van der Waals surface area (Å²) in [5.41, 5.74) is 2.39. The Morgan fingerprint density at radius 1 is 1.19 bits per heavy atom. The van der Waals surface area contributed by atoms with Crippen molar-refractivity contribution in [1.82, 2.24) is 0 Å². The lowest BCUT2D eigenvalue weighted by Gasteiger charge is -2.04. The van der Waals surface area contributed by atoms with Crippen LogP contribution in [0.4, 0.5) is 0 Å². The average molecular weight is 222 g/mol. The number of methoxy groups -OCH3 is 1. The van der Waals surface area contributed by atoms with Crippen molar-refractivity contribution in [1.29, 1.82) is 0 Å². The molecule has 0 aliphatic heterocycles. The fraction of sp³-hybridized carbons (Fsp3) is 0.462. The van der Waals surface area contributed by atoms with Crippen LogP contribution in [-0.2, 0) is 20.7 Å². The zero-order valence-electron chi connectivity index (χ0n) is 9.86. The molecular weight excluding hydrogens is 204 g/mol. The second kappa shape index (κ2) is 7.01. The minimum Gasteiger partial charge on any atom is -0.463 e. The van der Waals surface area contributed by atoms with Crippen molar-refractivity contribution in [3.05, 3.63) is 35.4 Å². The third-order valence-electron chi connectivity index (χ3n) is 2.29. The lowest BCUT2D eigenvalue weighted by atomic mass is 10.1. The van der Waals surface area contributed by atoms with E-state index >= 15 is 0 Å². The van der Waals surface area contributed by atoms with Gasteiger partial charge in [-0.05, 0) is 18.9 Å². The second-order valence-corrected chi connectivity index (χ2v) is 3.70. The Hall–Kier alpha value is -1.35. The minimum absolute atomic E-state index is 0.169. The maximum atomic E-state index is 11.3. The monoisotopic (exact) mass is 222 g/mol. The Morgan fingerprint density at radius 2 is 1.88 bits per heavy atom. The molecule has 0 amide bonds. The molecule has 0 heterocycles. The minimum atomic E-state index is -0.169. The van der Waals surface area contributed by atoms with Gasteiger partial charge in [-0.3, -0.25) is 4.79 Å². The molecule has 16 heavy (non-hydrogen) atoms. The summed E-state index contributed by atoms with van der Waals surface area (Å²) >= 11 is 0. The van der Waals surface area contributed by atoms with Gasteiger partial charge in [0.05, 0.1) is 6.61 Å². The van der Waals surface area contributed by atoms with Crippen molar-refractivity contribution in [3.63, 3.8) is 0 Å². The van der Waals surface area contributed by atoms with E-state index in [0.717, 1.165) is 12.0 Å². The lowest BCUT2D eigenvalue weighted by molar-refractivity contribution is -0.144. The molecule has 0 spiro atoms. The van der Waals surface area contributed by atoms with Gasteiger partial charge >= 0.3 is 5.97 Å². The summed E-state index contributed by atoms with van der Waals surface area (Å²) in [6, 6.07) is 8.17. The van der Waals surface area contributed by atoms with E-state index in [-0.39, 0.29) is 5.97 Å². The van der Waals surface area contributed by atoms with Crippen LogP contribution in [0.1, 0.15) is 17.5 Å². The number of esters is 1. The molecule has 0 aliphatic rings. The van der Waals surface area contributed by atoms with E-state index in [0.29, 0.717) is 19.6 Å². The van der Waals surface area contributed by atoms with Crippen LogP contribution in [0.5, 0.6) is 0 Å². The highest BCUT2D eigenvalue weighted by Crippen LogP contribution is 2.06. The fourth-order valence-electron chi connectivity index (χ4n) is 1.31. The topological polar surface area (TPSA) is 35.5 Å². The zero-order valence-corrected chi connectivity index (χ0v) is 9.86. The van der Waals surface area contributed by atoms with E-state index in [9.17, 15) is 4.79 Å². The molecule has 0 bridgehead atoms. The summed E-state index contributed by atoms with van der Waals surface area (Å²) < 4.78 is 9.75. The Morgan fingerprint density at radius 3 is 2.50 bits per heavy atom. The molecule has 0 unspecified atom stereocenters. The Balaban J connectivity index is 2.23. The van der Waals surface area contributed by atoms with Crippen LogP contribution >= 0.6 is 0 Å². The third-order valence-corrected chi connectivity index (χ3v) is 2.29. The number of carbonyl (C=O) groups excluding carboxylic acids is 1. The molecule has 0 saturated carbocycles. The van der Waals surface area contributed by atoms with Crippen LogP contribution in [0.25, 0.3) is 0 Å². The third kappa shape index (κ3) is 4.94. The van der Waals surface area contributed by atoms with Gasteiger partial charge in [-0.25, -0.2) is 0 Å². The van der Waals surface area contributed by atoms with Crippen LogP contribution in [0.2, 0.25) is 0 Å². The molecule has 0 atom stereocenters. The number of carbonyl (C=O) groups is 1. The van der Waals surface area contributed by atoms with Crippen molar-refractivity contribution in [2.45, 2.75) is 19.8 Å². The van der Waals surface area contributed by atoms with Crippen molar-refractivity contribution in [3.8, 4) is 0 Å². The highest BCUT2D eigenvalue weighted by Gasteiger charge is 2.03.